The maximum Gasteiger partial charge on any atom is 0.271 e. The Kier molecular flexibility index (Phi) is 3.39. The van der Waals surface area contributed by atoms with E-state index < -0.39 is 4.92 Å². The number of hydrogen-bond acceptors (Lipinski definition) is 3. The maximum atomic E-state index is 12.1. The van der Waals surface area contributed by atoms with Gasteiger partial charge in [0.1, 0.15) is 0 Å². The highest BCUT2D eigenvalue weighted by Gasteiger charge is 2.15. The molecule has 0 fully saturated rings. The molecular formula is C13H8ClNO3. The van der Waals surface area contributed by atoms with Gasteiger partial charge in [-0.2, -0.15) is 0 Å². The van der Waals surface area contributed by atoms with Crippen LogP contribution in [0.3, 0.4) is 0 Å². The average molecular weight is 262 g/mol. The van der Waals surface area contributed by atoms with Crippen molar-refractivity contribution in [2.75, 3.05) is 0 Å². The molecule has 90 valence electrons. The van der Waals surface area contributed by atoms with E-state index in [1.807, 2.05) is 0 Å². The summed E-state index contributed by atoms with van der Waals surface area (Å²) in [6.45, 7) is 0. The van der Waals surface area contributed by atoms with Gasteiger partial charge < -0.3 is 0 Å². The number of halogens is 1. The fourth-order valence-electron chi connectivity index (χ4n) is 1.57. The molecule has 0 aromatic heterocycles. The Hall–Kier alpha value is -2.20. The predicted octanol–water partition coefficient (Wildman–Crippen LogP) is 3.48. The molecule has 0 unspecified atom stereocenters. The van der Waals surface area contributed by atoms with Crippen molar-refractivity contribution >= 4 is 23.1 Å². The molecule has 5 heteroatoms. The number of hydrogen-bond donors (Lipinski definition) is 0. The molecule has 4 nitrogen and oxygen atoms in total. The van der Waals surface area contributed by atoms with Gasteiger partial charge in [-0.3, -0.25) is 14.9 Å². The lowest BCUT2D eigenvalue weighted by atomic mass is 10.0. The first-order chi connectivity index (χ1) is 8.58. The van der Waals surface area contributed by atoms with E-state index in [9.17, 15) is 14.9 Å². The van der Waals surface area contributed by atoms with Gasteiger partial charge in [0.15, 0.2) is 5.78 Å². The summed E-state index contributed by atoms with van der Waals surface area (Å²) in [6, 6.07) is 12.4. The number of nitro groups is 1. The Morgan fingerprint density at radius 1 is 1.06 bits per heavy atom. The number of nitrogens with zero attached hydrogens (tertiary/aromatic N) is 1. The normalized spacial score (nSPS) is 10.1. The third-order valence-corrected chi connectivity index (χ3v) is 2.61. The Morgan fingerprint density at radius 3 is 2.33 bits per heavy atom. The van der Waals surface area contributed by atoms with Crippen LogP contribution in [0.5, 0.6) is 0 Å². The Balaban J connectivity index is 2.46. The van der Waals surface area contributed by atoms with Gasteiger partial charge in [-0.1, -0.05) is 41.9 Å². The molecule has 0 aliphatic carbocycles. The first-order valence-corrected chi connectivity index (χ1v) is 5.50. The van der Waals surface area contributed by atoms with Gasteiger partial charge in [-0.15, -0.1) is 0 Å². The van der Waals surface area contributed by atoms with Gasteiger partial charge >= 0.3 is 0 Å². The molecule has 0 heterocycles. The lowest BCUT2D eigenvalue weighted by Crippen LogP contribution is -2.02. The molecule has 0 amide bonds. The smallest absolute Gasteiger partial charge is 0.271 e. The molecule has 18 heavy (non-hydrogen) atoms. The summed E-state index contributed by atoms with van der Waals surface area (Å²) < 4.78 is 0. The molecule has 2 rings (SSSR count). The monoisotopic (exact) mass is 261 g/mol. The van der Waals surface area contributed by atoms with Crippen LogP contribution in [0.4, 0.5) is 5.69 Å². The fraction of sp³-hybridized carbons (Fsp3) is 0. The van der Waals surface area contributed by atoms with E-state index in [0.29, 0.717) is 5.56 Å². The lowest BCUT2D eigenvalue weighted by Gasteiger charge is -2.02. The van der Waals surface area contributed by atoms with Crippen molar-refractivity contribution < 1.29 is 9.72 Å². The third-order valence-electron chi connectivity index (χ3n) is 2.39. The predicted molar refractivity (Wildman–Crippen MR) is 68.0 cm³/mol. The number of carbonyl (C=O) groups is 1. The minimum Gasteiger partial charge on any atom is -0.289 e. The van der Waals surface area contributed by atoms with Crippen LogP contribution in [0.25, 0.3) is 0 Å². The van der Waals surface area contributed by atoms with Gasteiger partial charge in [0.25, 0.3) is 5.69 Å². The molecule has 0 radical (unpaired) electrons. The van der Waals surface area contributed by atoms with Gasteiger partial charge in [0.05, 0.1) is 4.92 Å². The van der Waals surface area contributed by atoms with Crippen molar-refractivity contribution in [2.24, 2.45) is 0 Å². The van der Waals surface area contributed by atoms with Crippen LogP contribution in [0.1, 0.15) is 15.9 Å². The Morgan fingerprint density at radius 2 is 1.72 bits per heavy atom. The number of carbonyl (C=O) groups excluding carboxylic acids is 1. The fourth-order valence-corrected chi connectivity index (χ4v) is 1.80. The molecule has 0 spiro atoms. The molecule has 0 bridgehead atoms. The number of benzene rings is 2. The summed E-state index contributed by atoms with van der Waals surface area (Å²) >= 11 is 5.77. The maximum absolute atomic E-state index is 12.1. The first kappa shape index (κ1) is 12.3. The van der Waals surface area contributed by atoms with E-state index in [2.05, 4.69) is 0 Å². The number of rotatable bonds is 3. The van der Waals surface area contributed by atoms with Crippen LogP contribution >= 0.6 is 11.6 Å². The van der Waals surface area contributed by atoms with Gasteiger partial charge in [0, 0.05) is 28.3 Å². The molecule has 0 atom stereocenters. The van der Waals surface area contributed by atoms with Gasteiger partial charge in [0.2, 0.25) is 0 Å². The van der Waals surface area contributed by atoms with E-state index in [1.54, 1.807) is 30.3 Å². The number of non-ortho nitro benzene ring substituents is 1. The molecule has 0 saturated carbocycles. The van der Waals surface area contributed by atoms with Crippen molar-refractivity contribution in [3.05, 3.63) is 74.8 Å². The van der Waals surface area contributed by atoms with E-state index in [1.165, 1.54) is 18.2 Å². The summed E-state index contributed by atoms with van der Waals surface area (Å²) in [5.41, 5.74) is 0.483. The molecular weight excluding hydrogens is 254 g/mol. The second kappa shape index (κ2) is 4.98. The Bertz CT molecular complexity index is 611. The van der Waals surface area contributed by atoms with Crippen LogP contribution in [-0.4, -0.2) is 10.7 Å². The molecule has 0 aliphatic heterocycles. The zero-order valence-electron chi connectivity index (χ0n) is 9.17. The highest BCUT2D eigenvalue weighted by atomic mass is 35.5. The molecule has 0 N–H and O–H groups in total. The molecule has 2 aromatic carbocycles. The van der Waals surface area contributed by atoms with Crippen molar-refractivity contribution in [3.8, 4) is 0 Å². The minimum absolute atomic E-state index is 0.170. The van der Waals surface area contributed by atoms with E-state index in [-0.39, 0.29) is 22.1 Å². The van der Waals surface area contributed by atoms with Crippen LogP contribution in [0.2, 0.25) is 5.02 Å². The van der Waals surface area contributed by atoms with Crippen molar-refractivity contribution in [1.82, 2.24) is 0 Å². The third kappa shape index (κ3) is 2.55. The van der Waals surface area contributed by atoms with Crippen molar-refractivity contribution in [2.45, 2.75) is 0 Å². The standard InChI is InChI=1S/C13H8ClNO3/c14-11-6-10(7-12(8-11)15(17)18)13(16)9-4-2-1-3-5-9/h1-8H. The summed E-state index contributed by atoms with van der Waals surface area (Å²) in [5, 5.41) is 10.9. The minimum atomic E-state index is -0.576. The van der Waals surface area contributed by atoms with Gasteiger partial charge in [-0.05, 0) is 6.07 Å². The molecule has 0 saturated heterocycles. The largest absolute Gasteiger partial charge is 0.289 e. The van der Waals surface area contributed by atoms with Crippen LogP contribution < -0.4 is 0 Å². The highest BCUT2D eigenvalue weighted by molar-refractivity contribution is 6.31. The number of ketones is 1. The number of nitro benzene ring substituents is 1. The van der Waals surface area contributed by atoms with Gasteiger partial charge in [-0.25, -0.2) is 0 Å². The molecule has 2 aromatic rings. The lowest BCUT2D eigenvalue weighted by molar-refractivity contribution is -0.384. The first-order valence-electron chi connectivity index (χ1n) is 5.12. The van der Waals surface area contributed by atoms with Crippen LogP contribution in [0, 0.1) is 10.1 Å². The van der Waals surface area contributed by atoms with Crippen molar-refractivity contribution in [3.63, 3.8) is 0 Å². The van der Waals surface area contributed by atoms with Crippen LogP contribution in [0.15, 0.2) is 48.5 Å². The zero-order valence-corrected chi connectivity index (χ0v) is 9.92. The summed E-state index contributed by atoms with van der Waals surface area (Å²) in [5.74, 6) is -0.291. The zero-order chi connectivity index (χ0) is 13.1. The topological polar surface area (TPSA) is 60.2 Å². The second-order valence-corrected chi connectivity index (χ2v) is 4.09. The average Bonchev–Trinajstić information content (AvgIpc) is 2.38. The quantitative estimate of drug-likeness (QED) is 0.483. The summed E-state index contributed by atoms with van der Waals surface area (Å²) in [6.07, 6.45) is 0. The highest BCUT2D eigenvalue weighted by Crippen LogP contribution is 2.22. The van der Waals surface area contributed by atoms with E-state index in [0.717, 1.165) is 0 Å². The van der Waals surface area contributed by atoms with Crippen molar-refractivity contribution in [1.29, 1.82) is 0 Å². The summed E-state index contributed by atoms with van der Waals surface area (Å²) in [7, 11) is 0. The summed E-state index contributed by atoms with van der Waals surface area (Å²) in [4.78, 5) is 22.2. The SMILES string of the molecule is O=C(c1ccccc1)c1cc(Cl)cc([N+](=O)[O-])c1. The molecule has 0 aliphatic rings. The Labute approximate surface area is 108 Å². The van der Waals surface area contributed by atoms with Crippen LogP contribution in [-0.2, 0) is 0 Å². The van der Waals surface area contributed by atoms with E-state index in [4.69, 9.17) is 11.6 Å². The van der Waals surface area contributed by atoms with E-state index >= 15 is 0 Å². The second-order valence-electron chi connectivity index (χ2n) is 3.65.